The van der Waals surface area contributed by atoms with Gasteiger partial charge in [-0.25, -0.2) is 0 Å². The van der Waals surface area contributed by atoms with Crippen molar-refractivity contribution in [2.75, 3.05) is 19.6 Å². The molecule has 0 saturated carbocycles. The number of likely N-dealkylation sites (tertiary alicyclic amines) is 1. The van der Waals surface area contributed by atoms with Crippen molar-refractivity contribution in [1.82, 2.24) is 10.2 Å². The quantitative estimate of drug-likeness (QED) is 0.813. The Labute approximate surface area is 133 Å². The second kappa shape index (κ2) is 8.30. The van der Waals surface area contributed by atoms with Crippen LogP contribution in [-0.2, 0) is 11.3 Å². The van der Waals surface area contributed by atoms with Crippen molar-refractivity contribution < 1.29 is 9.90 Å². The molecule has 1 aliphatic rings. The topological polar surface area (TPSA) is 52.6 Å². The zero-order valence-corrected chi connectivity index (χ0v) is 13.7. The molecular formula is C18H28N2O2. The minimum atomic E-state index is -0.718. The van der Waals surface area contributed by atoms with Crippen LogP contribution in [0.1, 0.15) is 37.3 Å². The van der Waals surface area contributed by atoms with Crippen LogP contribution in [0.3, 0.4) is 0 Å². The summed E-state index contributed by atoms with van der Waals surface area (Å²) in [5, 5.41) is 12.3. The summed E-state index contributed by atoms with van der Waals surface area (Å²) in [6.45, 7) is 7.93. The molecule has 1 aliphatic heterocycles. The number of carboxylic acid groups (broad SMARTS) is 1. The number of aliphatic carboxylic acids is 1. The third-order valence-electron chi connectivity index (χ3n) is 4.51. The molecule has 0 spiro atoms. The van der Waals surface area contributed by atoms with Crippen LogP contribution in [0.25, 0.3) is 0 Å². The predicted octanol–water partition coefficient (Wildman–Crippen LogP) is 2.66. The number of piperidine rings is 1. The molecule has 1 saturated heterocycles. The summed E-state index contributed by atoms with van der Waals surface area (Å²) in [6, 6.07) is 8.29. The lowest BCUT2D eigenvalue weighted by Gasteiger charge is -2.33. The minimum absolute atomic E-state index is 0.390. The van der Waals surface area contributed by atoms with Crippen molar-refractivity contribution in [3.63, 3.8) is 0 Å². The Bertz CT molecular complexity index is 482. The van der Waals surface area contributed by atoms with Crippen molar-refractivity contribution in [2.24, 2.45) is 5.92 Å². The molecule has 1 aromatic carbocycles. The molecule has 1 heterocycles. The van der Waals surface area contributed by atoms with Gasteiger partial charge in [0, 0.05) is 6.54 Å². The van der Waals surface area contributed by atoms with Crippen molar-refractivity contribution in [3.05, 3.63) is 35.4 Å². The number of nitrogens with zero attached hydrogens (tertiary/aromatic N) is 1. The molecule has 4 nitrogen and oxygen atoms in total. The fourth-order valence-electron chi connectivity index (χ4n) is 3.30. The van der Waals surface area contributed by atoms with Crippen molar-refractivity contribution in [2.45, 2.75) is 45.7 Å². The molecule has 122 valence electrons. The van der Waals surface area contributed by atoms with Crippen LogP contribution >= 0.6 is 0 Å². The number of hydrogen-bond acceptors (Lipinski definition) is 3. The maximum Gasteiger partial charge on any atom is 0.320 e. The van der Waals surface area contributed by atoms with Crippen molar-refractivity contribution >= 4 is 5.97 Å². The van der Waals surface area contributed by atoms with Crippen LogP contribution in [0.4, 0.5) is 0 Å². The first-order valence-corrected chi connectivity index (χ1v) is 8.32. The number of benzene rings is 1. The van der Waals surface area contributed by atoms with Gasteiger partial charge in [0.2, 0.25) is 0 Å². The third kappa shape index (κ3) is 5.11. The molecule has 0 radical (unpaired) electrons. The zero-order chi connectivity index (χ0) is 15.9. The molecule has 0 aromatic heterocycles. The number of nitrogens with one attached hydrogen (secondary N) is 1. The summed E-state index contributed by atoms with van der Waals surface area (Å²) in [6.07, 6.45) is 2.95. The Morgan fingerprint density at radius 2 is 2.14 bits per heavy atom. The molecule has 0 aliphatic carbocycles. The first kappa shape index (κ1) is 17.0. The summed E-state index contributed by atoms with van der Waals surface area (Å²) in [7, 11) is 0. The van der Waals surface area contributed by atoms with Gasteiger partial charge in [0.25, 0.3) is 0 Å². The molecule has 1 unspecified atom stereocenters. The lowest BCUT2D eigenvalue weighted by molar-refractivity contribution is -0.140. The van der Waals surface area contributed by atoms with E-state index in [2.05, 4.69) is 41.4 Å². The molecule has 0 bridgehead atoms. The Morgan fingerprint density at radius 3 is 2.73 bits per heavy atom. The highest BCUT2D eigenvalue weighted by Gasteiger charge is 2.25. The monoisotopic (exact) mass is 304 g/mol. The van der Waals surface area contributed by atoms with E-state index >= 15 is 0 Å². The van der Waals surface area contributed by atoms with E-state index in [-0.39, 0.29) is 0 Å². The second-order valence-electron chi connectivity index (χ2n) is 6.39. The van der Waals surface area contributed by atoms with Gasteiger partial charge in [0.15, 0.2) is 0 Å². The van der Waals surface area contributed by atoms with Gasteiger partial charge in [-0.05, 0) is 57.3 Å². The average molecular weight is 304 g/mol. The maximum atomic E-state index is 11.2. The average Bonchev–Trinajstić information content (AvgIpc) is 2.48. The molecule has 0 amide bonds. The Balaban J connectivity index is 1.79. The maximum absolute atomic E-state index is 11.2. The van der Waals surface area contributed by atoms with E-state index < -0.39 is 12.0 Å². The van der Waals surface area contributed by atoms with E-state index in [1.807, 2.05) is 6.92 Å². The zero-order valence-electron chi connectivity index (χ0n) is 13.7. The Hall–Kier alpha value is -1.39. The normalized spacial score (nSPS) is 18.3. The van der Waals surface area contributed by atoms with E-state index in [1.54, 1.807) is 0 Å². The molecule has 1 fully saturated rings. The first-order valence-electron chi connectivity index (χ1n) is 8.32. The van der Waals surface area contributed by atoms with Crippen LogP contribution in [-0.4, -0.2) is 41.7 Å². The lowest BCUT2D eigenvalue weighted by Crippen LogP contribution is -2.41. The number of carbonyl (C=O) groups is 1. The molecule has 1 atom stereocenters. The van der Waals surface area contributed by atoms with Gasteiger partial charge in [-0.1, -0.05) is 36.8 Å². The predicted molar refractivity (Wildman–Crippen MR) is 88.9 cm³/mol. The Morgan fingerprint density at radius 1 is 1.41 bits per heavy atom. The van der Waals surface area contributed by atoms with Crippen molar-refractivity contribution in [1.29, 1.82) is 0 Å². The molecule has 2 N–H and O–H groups in total. The van der Waals surface area contributed by atoms with Crippen LogP contribution in [0.5, 0.6) is 0 Å². The van der Waals surface area contributed by atoms with E-state index in [0.717, 1.165) is 38.9 Å². The summed E-state index contributed by atoms with van der Waals surface area (Å²) < 4.78 is 0. The second-order valence-corrected chi connectivity index (χ2v) is 6.39. The summed E-state index contributed by atoms with van der Waals surface area (Å²) >= 11 is 0. The third-order valence-corrected chi connectivity index (χ3v) is 4.51. The molecule has 4 heteroatoms. The van der Waals surface area contributed by atoms with Crippen LogP contribution in [0.2, 0.25) is 0 Å². The van der Waals surface area contributed by atoms with Gasteiger partial charge in [0.1, 0.15) is 6.04 Å². The molecule has 22 heavy (non-hydrogen) atoms. The molecule has 1 aromatic rings. The van der Waals surface area contributed by atoms with E-state index in [1.165, 1.54) is 11.1 Å². The fraction of sp³-hybridized carbons (Fsp3) is 0.611. The summed E-state index contributed by atoms with van der Waals surface area (Å²) in [5.41, 5.74) is 2.68. The van der Waals surface area contributed by atoms with Gasteiger partial charge in [0.05, 0.1) is 0 Å². The van der Waals surface area contributed by atoms with Gasteiger partial charge in [-0.15, -0.1) is 0 Å². The van der Waals surface area contributed by atoms with E-state index in [0.29, 0.717) is 12.5 Å². The smallest absolute Gasteiger partial charge is 0.320 e. The highest BCUT2D eigenvalue weighted by molar-refractivity contribution is 5.73. The van der Waals surface area contributed by atoms with Gasteiger partial charge in [-0.3, -0.25) is 9.69 Å². The number of carboxylic acids is 1. The van der Waals surface area contributed by atoms with Crippen LogP contribution < -0.4 is 5.32 Å². The Kier molecular flexibility index (Phi) is 6.40. The summed E-state index contributed by atoms with van der Waals surface area (Å²) in [5.74, 6) is -0.196. The molecule has 2 rings (SSSR count). The SMILES string of the molecule is CCNC(CC1CCN(Cc2cccc(C)c2)CC1)C(=O)O. The number of likely N-dealkylation sites (N-methyl/N-ethyl adjacent to an activating group) is 1. The van der Waals surface area contributed by atoms with Crippen LogP contribution in [0, 0.1) is 12.8 Å². The largest absolute Gasteiger partial charge is 0.480 e. The standard InChI is InChI=1S/C18H28N2O2/c1-3-19-17(18(21)22)12-15-7-9-20(10-8-15)13-16-6-4-5-14(2)11-16/h4-6,11,15,17,19H,3,7-10,12-13H2,1-2H3,(H,21,22). The van der Waals surface area contributed by atoms with Crippen LogP contribution in [0.15, 0.2) is 24.3 Å². The molecular weight excluding hydrogens is 276 g/mol. The summed E-state index contributed by atoms with van der Waals surface area (Å²) in [4.78, 5) is 13.7. The first-order chi connectivity index (χ1) is 10.6. The number of aryl methyl sites for hydroxylation is 1. The highest BCUT2D eigenvalue weighted by atomic mass is 16.4. The van der Waals surface area contributed by atoms with Crippen molar-refractivity contribution in [3.8, 4) is 0 Å². The van der Waals surface area contributed by atoms with E-state index in [4.69, 9.17) is 0 Å². The lowest BCUT2D eigenvalue weighted by atomic mass is 9.90. The van der Waals surface area contributed by atoms with Gasteiger partial charge < -0.3 is 10.4 Å². The number of hydrogen-bond donors (Lipinski definition) is 2. The number of rotatable bonds is 7. The highest BCUT2D eigenvalue weighted by Crippen LogP contribution is 2.23. The fourth-order valence-corrected chi connectivity index (χ4v) is 3.30. The van der Waals surface area contributed by atoms with Gasteiger partial charge in [-0.2, -0.15) is 0 Å². The van der Waals surface area contributed by atoms with E-state index in [9.17, 15) is 9.90 Å². The minimum Gasteiger partial charge on any atom is -0.480 e. The van der Waals surface area contributed by atoms with Gasteiger partial charge >= 0.3 is 5.97 Å².